The highest BCUT2D eigenvalue weighted by atomic mass is 35.5. The van der Waals surface area contributed by atoms with Crippen LogP contribution in [-0.4, -0.2) is 75.0 Å². The standard InChI is InChI=1S/C19H25ClN4O4S/c1-23(2)8-9-28-12-16(25)14-6-7-24(19(14)21)29(26,27)17-5-3-4-13-10-22-11-15(20)18(13)17/h3-5,10-11,14,19H,6-9,12,21H2,1-2H3/t14?,19-/m1/s1. The zero-order valence-electron chi connectivity index (χ0n) is 16.4. The first-order chi connectivity index (χ1) is 13.7. The minimum Gasteiger partial charge on any atom is -0.372 e. The largest absolute Gasteiger partial charge is 0.372 e. The molecule has 1 aliphatic rings. The van der Waals surface area contributed by atoms with Crippen LogP contribution >= 0.6 is 11.6 Å². The van der Waals surface area contributed by atoms with Crippen molar-refractivity contribution in [2.24, 2.45) is 11.7 Å². The van der Waals surface area contributed by atoms with Gasteiger partial charge in [-0.25, -0.2) is 8.42 Å². The first kappa shape index (κ1) is 22.1. The number of Topliss-reactive ketones (excluding diaryl/α,β-unsaturated/α-hetero) is 1. The fourth-order valence-corrected chi connectivity index (χ4v) is 5.57. The average molecular weight is 441 g/mol. The van der Waals surface area contributed by atoms with Crippen molar-refractivity contribution < 1.29 is 17.9 Å². The Hall–Kier alpha value is -1.62. The molecule has 0 aliphatic carbocycles. The number of likely N-dealkylation sites (N-methyl/N-ethyl adjacent to an activating group) is 1. The van der Waals surface area contributed by atoms with Gasteiger partial charge in [0, 0.05) is 36.3 Å². The number of ether oxygens (including phenoxy) is 1. The third-order valence-electron chi connectivity index (χ3n) is 5.03. The number of halogens is 1. The number of rotatable bonds is 8. The molecule has 1 aliphatic heterocycles. The average Bonchev–Trinajstić information content (AvgIpc) is 3.07. The van der Waals surface area contributed by atoms with E-state index in [2.05, 4.69) is 4.98 Å². The van der Waals surface area contributed by atoms with Crippen molar-refractivity contribution in [2.45, 2.75) is 17.5 Å². The summed E-state index contributed by atoms with van der Waals surface area (Å²) < 4.78 is 33.3. The van der Waals surface area contributed by atoms with Crippen molar-refractivity contribution in [1.82, 2.24) is 14.2 Å². The molecule has 1 aromatic heterocycles. The van der Waals surface area contributed by atoms with Gasteiger partial charge in [-0.1, -0.05) is 23.7 Å². The van der Waals surface area contributed by atoms with Crippen LogP contribution in [0.5, 0.6) is 0 Å². The Morgan fingerprint density at radius 3 is 2.86 bits per heavy atom. The van der Waals surface area contributed by atoms with Gasteiger partial charge in [0.15, 0.2) is 5.78 Å². The van der Waals surface area contributed by atoms with Crippen molar-refractivity contribution in [1.29, 1.82) is 0 Å². The molecule has 2 heterocycles. The van der Waals surface area contributed by atoms with Gasteiger partial charge in [0.2, 0.25) is 10.0 Å². The van der Waals surface area contributed by atoms with E-state index in [1.807, 2.05) is 19.0 Å². The van der Waals surface area contributed by atoms with Crippen LogP contribution in [0.2, 0.25) is 5.02 Å². The van der Waals surface area contributed by atoms with Gasteiger partial charge < -0.3 is 15.4 Å². The Morgan fingerprint density at radius 2 is 2.14 bits per heavy atom. The van der Waals surface area contributed by atoms with E-state index in [-0.39, 0.29) is 28.9 Å². The van der Waals surface area contributed by atoms with Crippen molar-refractivity contribution >= 4 is 38.2 Å². The molecule has 10 heteroatoms. The minimum absolute atomic E-state index is 0.0631. The molecule has 29 heavy (non-hydrogen) atoms. The monoisotopic (exact) mass is 440 g/mol. The number of aromatic nitrogens is 1. The van der Waals surface area contributed by atoms with Gasteiger partial charge in [0.25, 0.3) is 0 Å². The lowest BCUT2D eigenvalue weighted by Crippen LogP contribution is -2.46. The Kier molecular flexibility index (Phi) is 6.87. The van der Waals surface area contributed by atoms with Crippen molar-refractivity contribution in [3.63, 3.8) is 0 Å². The van der Waals surface area contributed by atoms with Crippen LogP contribution < -0.4 is 5.73 Å². The van der Waals surface area contributed by atoms with Crippen molar-refractivity contribution in [3.05, 3.63) is 35.6 Å². The van der Waals surface area contributed by atoms with Gasteiger partial charge >= 0.3 is 0 Å². The number of hydrogen-bond acceptors (Lipinski definition) is 7. The number of carbonyl (C=O) groups excluding carboxylic acids is 1. The summed E-state index contributed by atoms with van der Waals surface area (Å²) >= 11 is 6.23. The number of pyridine rings is 1. The van der Waals surface area contributed by atoms with E-state index in [0.717, 1.165) is 0 Å². The van der Waals surface area contributed by atoms with Crippen LogP contribution in [0, 0.1) is 5.92 Å². The molecule has 0 radical (unpaired) electrons. The van der Waals surface area contributed by atoms with E-state index < -0.39 is 22.1 Å². The number of carbonyl (C=O) groups is 1. The molecule has 1 aromatic carbocycles. The maximum absolute atomic E-state index is 13.3. The SMILES string of the molecule is CN(C)CCOCC(=O)C1CCN(S(=O)(=O)c2cccc3cncc(Cl)c23)[C@H]1N. The van der Waals surface area contributed by atoms with Crippen LogP contribution in [0.15, 0.2) is 35.5 Å². The van der Waals surface area contributed by atoms with Crippen molar-refractivity contribution in [3.8, 4) is 0 Å². The summed E-state index contributed by atoms with van der Waals surface area (Å²) in [4.78, 5) is 18.5. The number of sulfonamides is 1. The minimum atomic E-state index is -3.94. The normalized spacial score (nSPS) is 20.6. The second-order valence-electron chi connectivity index (χ2n) is 7.30. The first-order valence-corrected chi connectivity index (χ1v) is 11.1. The van der Waals surface area contributed by atoms with E-state index in [9.17, 15) is 13.2 Å². The number of hydrogen-bond donors (Lipinski definition) is 1. The summed E-state index contributed by atoms with van der Waals surface area (Å²) in [7, 11) is -0.117. The van der Waals surface area contributed by atoms with E-state index >= 15 is 0 Å². The Labute approximate surface area is 175 Å². The van der Waals surface area contributed by atoms with Crippen LogP contribution in [0.1, 0.15) is 6.42 Å². The van der Waals surface area contributed by atoms with E-state index in [0.29, 0.717) is 30.3 Å². The predicted molar refractivity (Wildman–Crippen MR) is 111 cm³/mol. The summed E-state index contributed by atoms with van der Waals surface area (Å²) in [5.41, 5.74) is 6.20. The fraction of sp³-hybridized carbons (Fsp3) is 0.474. The lowest BCUT2D eigenvalue weighted by molar-refractivity contribution is -0.128. The molecule has 1 unspecified atom stereocenters. The number of nitrogens with zero attached hydrogens (tertiary/aromatic N) is 3. The molecule has 158 valence electrons. The highest BCUT2D eigenvalue weighted by Gasteiger charge is 2.43. The molecule has 0 spiro atoms. The molecule has 8 nitrogen and oxygen atoms in total. The highest BCUT2D eigenvalue weighted by molar-refractivity contribution is 7.89. The van der Waals surface area contributed by atoms with E-state index in [1.165, 1.54) is 16.6 Å². The number of fused-ring (bicyclic) bond motifs is 1. The summed E-state index contributed by atoms with van der Waals surface area (Å²) in [6.45, 7) is 1.20. The van der Waals surface area contributed by atoms with Gasteiger partial charge in [0.05, 0.1) is 28.6 Å². The van der Waals surface area contributed by atoms with Crippen LogP contribution in [0.25, 0.3) is 10.8 Å². The summed E-state index contributed by atoms with van der Waals surface area (Å²) in [6.07, 6.45) is 2.38. The molecule has 0 bridgehead atoms. The molecule has 1 saturated heterocycles. The number of nitrogens with two attached hydrogens (primary N) is 1. The maximum atomic E-state index is 13.3. The maximum Gasteiger partial charge on any atom is 0.245 e. The molecule has 1 fully saturated rings. The topological polar surface area (TPSA) is 106 Å². The van der Waals surface area contributed by atoms with Gasteiger partial charge in [-0.15, -0.1) is 0 Å². The highest BCUT2D eigenvalue weighted by Crippen LogP contribution is 2.34. The molecule has 2 aromatic rings. The third-order valence-corrected chi connectivity index (χ3v) is 7.26. The molecular weight excluding hydrogens is 416 g/mol. The molecule has 2 atom stereocenters. The van der Waals surface area contributed by atoms with Gasteiger partial charge in [-0.2, -0.15) is 4.31 Å². The summed E-state index contributed by atoms with van der Waals surface area (Å²) in [5.74, 6) is -0.787. The zero-order chi connectivity index (χ0) is 21.2. The first-order valence-electron chi connectivity index (χ1n) is 9.28. The summed E-state index contributed by atoms with van der Waals surface area (Å²) in [6, 6.07) is 4.88. The van der Waals surface area contributed by atoms with Crippen LogP contribution in [0.3, 0.4) is 0 Å². The summed E-state index contributed by atoms with van der Waals surface area (Å²) in [5, 5.41) is 1.27. The van der Waals surface area contributed by atoms with Gasteiger partial charge in [0.1, 0.15) is 6.61 Å². The van der Waals surface area contributed by atoms with Gasteiger partial charge in [-0.05, 0) is 26.6 Å². The zero-order valence-corrected chi connectivity index (χ0v) is 18.0. The van der Waals surface area contributed by atoms with E-state index in [1.54, 1.807) is 18.3 Å². The fourth-order valence-electron chi connectivity index (χ4n) is 3.45. The van der Waals surface area contributed by atoms with Gasteiger partial charge in [-0.3, -0.25) is 9.78 Å². The molecular formula is C19H25ClN4O4S. The molecule has 3 rings (SSSR count). The predicted octanol–water partition coefficient (Wildman–Crippen LogP) is 1.33. The smallest absolute Gasteiger partial charge is 0.245 e. The second kappa shape index (κ2) is 9.03. The molecule has 2 N–H and O–H groups in total. The lowest BCUT2D eigenvalue weighted by Gasteiger charge is -2.24. The third kappa shape index (κ3) is 4.60. The Balaban J connectivity index is 1.79. The van der Waals surface area contributed by atoms with Crippen molar-refractivity contribution in [2.75, 3.05) is 40.4 Å². The number of benzene rings is 1. The van der Waals surface area contributed by atoms with Crippen LogP contribution in [-0.2, 0) is 19.6 Å². The molecule has 0 amide bonds. The Morgan fingerprint density at radius 1 is 1.38 bits per heavy atom. The number of ketones is 1. The second-order valence-corrected chi connectivity index (χ2v) is 9.57. The van der Waals surface area contributed by atoms with Crippen LogP contribution in [0.4, 0.5) is 0 Å². The quantitative estimate of drug-likeness (QED) is 0.617. The van der Waals surface area contributed by atoms with E-state index in [4.69, 9.17) is 22.1 Å². The Bertz CT molecular complexity index is 994. The molecule has 0 saturated carbocycles. The lowest BCUT2D eigenvalue weighted by atomic mass is 10.0.